The fourth-order valence-corrected chi connectivity index (χ4v) is 3.00. The molecule has 0 aliphatic carbocycles. The topological polar surface area (TPSA) is 98.5 Å². The Balaban J connectivity index is 1.80. The first-order valence-corrected chi connectivity index (χ1v) is 9.24. The summed E-state index contributed by atoms with van der Waals surface area (Å²) in [6.45, 7) is 3.80. The van der Waals surface area contributed by atoms with Gasteiger partial charge in [-0.15, -0.1) is 11.8 Å². The molecular weight excluding hydrogens is 368 g/mol. The summed E-state index contributed by atoms with van der Waals surface area (Å²) in [7, 11) is 0. The Hall–Kier alpha value is -2.87. The third-order valence-electron chi connectivity index (χ3n) is 3.67. The molecule has 2 rings (SSSR count). The van der Waals surface area contributed by atoms with E-state index in [0.29, 0.717) is 11.4 Å². The first-order chi connectivity index (χ1) is 12.9. The molecule has 0 aromatic heterocycles. The van der Waals surface area contributed by atoms with E-state index in [9.17, 15) is 19.7 Å². The van der Waals surface area contributed by atoms with Gasteiger partial charge in [0.25, 0.3) is 11.6 Å². The Bertz CT molecular complexity index is 823. The number of benzene rings is 2. The number of carbonyl (C=O) groups excluding carboxylic acids is 2. The van der Waals surface area contributed by atoms with E-state index in [4.69, 9.17) is 4.74 Å². The third kappa shape index (κ3) is 6.41. The molecule has 0 spiro atoms. The molecule has 8 heteroatoms. The van der Waals surface area contributed by atoms with Crippen LogP contribution in [0.4, 0.5) is 5.69 Å². The van der Waals surface area contributed by atoms with Gasteiger partial charge in [-0.25, -0.2) is 0 Å². The minimum atomic E-state index is -0.950. The molecule has 142 valence electrons. The Kier molecular flexibility index (Phi) is 7.36. The number of thioether (sulfide) groups is 1. The lowest BCUT2D eigenvalue weighted by atomic mass is 10.1. The van der Waals surface area contributed by atoms with Gasteiger partial charge in [0.15, 0.2) is 6.10 Å². The van der Waals surface area contributed by atoms with Crippen molar-refractivity contribution >= 4 is 29.3 Å². The lowest BCUT2D eigenvalue weighted by Gasteiger charge is -2.13. The van der Waals surface area contributed by atoms with Crippen LogP contribution in [0.15, 0.2) is 53.4 Å². The largest absolute Gasteiger partial charge is 0.452 e. The minimum absolute atomic E-state index is 0.0702. The average Bonchev–Trinajstić information content (AvgIpc) is 2.65. The zero-order valence-electron chi connectivity index (χ0n) is 15.0. The summed E-state index contributed by atoms with van der Waals surface area (Å²) in [6.07, 6.45) is -0.950. The lowest BCUT2D eigenvalue weighted by molar-refractivity contribution is -0.387. The van der Waals surface area contributed by atoms with Crippen LogP contribution in [0.1, 0.15) is 18.1 Å². The number of carbonyl (C=O) groups is 2. The van der Waals surface area contributed by atoms with Crippen molar-refractivity contribution in [3.8, 4) is 0 Å². The summed E-state index contributed by atoms with van der Waals surface area (Å²) in [5.41, 5.74) is 2.00. The van der Waals surface area contributed by atoms with Crippen LogP contribution < -0.4 is 5.32 Å². The average molecular weight is 388 g/mol. The molecule has 0 bridgehead atoms. The van der Waals surface area contributed by atoms with Crippen LogP contribution in [-0.4, -0.2) is 28.7 Å². The maximum absolute atomic E-state index is 12.1. The van der Waals surface area contributed by atoms with E-state index >= 15 is 0 Å². The molecule has 2 aromatic carbocycles. The zero-order valence-corrected chi connectivity index (χ0v) is 15.8. The van der Waals surface area contributed by atoms with Gasteiger partial charge in [0, 0.05) is 12.6 Å². The molecule has 1 N–H and O–H groups in total. The molecule has 0 radical (unpaired) electrons. The minimum Gasteiger partial charge on any atom is -0.452 e. The van der Waals surface area contributed by atoms with Gasteiger partial charge < -0.3 is 10.1 Å². The van der Waals surface area contributed by atoms with Crippen molar-refractivity contribution in [3.63, 3.8) is 0 Å². The second-order valence-electron chi connectivity index (χ2n) is 5.85. The Morgan fingerprint density at radius 1 is 1.19 bits per heavy atom. The molecule has 27 heavy (non-hydrogen) atoms. The summed E-state index contributed by atoms with van der Waals surface area (Å²) in [4.78, 5) is 34.8. The lowest BCUT2D eigenvalue weighted by Crippen LogP contribution is -2.35. The monoisotopic (exact) mass is 388 g/mol. The van der Waals surface area contributed by atoms with Crippen LogP contribution in [0.5, 0.6) is 0 Å². The van der Waals surface area contributed by atoms with Crippen molar-refractivity contribution in [1.82, 2.24) is 5.32 Å². The normalized spacial score (nSPS) is 11.5. The van der Waals surface area contributed by atoms with Crippen LogP contribution in [0, 0.1) is 17.0 Å². The molecule has 0 saturated heterocycles. The first kappa shape index (κ1) is 20.4. The highest BCUT2D eigenvalue weighted by Gasteiger charge is 2.19. The fraction of sp³-hybridized carbons (Fsp3) is 0.263. The van der Waals surface area contributed by atoms with Crippen molar-refractivity contribution in [2.75, 3.05) is 5.75 Å². The van der Waals surface area contributed by atoms with E-state index in [0.717, 1.165) is 22.9 Å². The van der Waals surface area contributed by atoms with Crippen molar-refractivity contribution in [2.24, 2.45) is 0 Å². The van der Waals surface area contributed by atoms with Crippen LogP contribution in [0.2, 0.25) is 0 Å². The first-order valence-electron chi connectivity index (χ1n) is 8.26. The van der Waals surface area contributed by atoms with Gasteiger partial charge in [-0.05, 0) is 25.5 Å². The molecule has 1 amide bonds. The smallest absolute Gasteiger partial charge is 0.317 e. The number of para-hydroxylation sites is 1. The molecule has 2 aromatic rings. The van der Waals surface area contributed by atoms with Crippen molar-refractivity contribution < 1.29 is 19.2 Å². The van der Waals surface area contributed by atoms with E-state index in [1.807, 2.05) is 31.2 Å². The number of nitro benzene ring substituents is 1. The van der Waals surface area contributed by atoms with Gasteiger partial charge in [-0.3, -0.25) is 19.7 Å². The highest BCUT2D eigenvalue weighted by atomic mass is 32.2. The van der Waals surface area contributed by atoms with E-state index in [1.54, 1.807) is 18.2 Å². The zero-order chi connectivity index (χ0) is 19.8. The number of nitrogens with one attached hydrogen (secondary N) is 1. The van der Waals surface area contributed by atoms with Gasteiger partial charge in [0.1, 0.15) is 0 Å². The SMILES string of the molecule is Cc1ccc(CNC(=O)[C@@H](C)OC(=O)CSc2ccccc2[N+](=O)[O-])cc1. The predicted octanol–water partition coefficient (Wildman–Crippen LogP) is 3.24. The Morgan fingerprint density at radius 2 is 1.85 bits per heavy atom. The molecular formula is C19H20N2O5S. The number of esters is 1. The number of aryl methyl sites for hydroxylation is 1. The van der Waals surface area contributed by atoms with Crippen LogP contribution in [0.3, 0.4) is 0 Å². The predicted molar refractivity (Wildman–Crippen MR) is 102 cm³/mol. The van der Waals surface area contributed by atoms with Crippen LogP contribution >= 0.6 is 11.8 Å². The molecule has 0 saturated carbocycles. The standard InChI is InChI=1S/C19H20N2O5S/c1-13-7-9-15(10-8-13)11-20-19(23)14(2)26-18(22)12-27-17-6-4-3-5-16(17)21(24)25/h3-10,14H,11-12H2,1-2H3,(H,20,23)/t14-/m1/s1. The molecule has 0 unspecified atom stereocenters. The maximum Gasteiger partial charge on any atom is 0.317 e. The second-order valence-corrected chi connectivity index (χ2v) is 6.87. The van der Waals surface area contributed by atoms with Gasteiger partial charge in [-0.1, -0.05) is 42.0 Å². The summed E-state index contributed by atoms with van der Waals surface area (Å²) in [5.74, 6) is -1.14. The van der Waals surface area contributed by atoms with Gasteiger partial charge in [0.2, 0.25) is 0 Å². The van der Waals surface area contributed by atoms with Crippen LogP contribution in [-0.2, 0) is 20.9 Å². The molecule has 7 nitrogen and oxygen atoms in total. The van der Waals surface area contributed by atoms with E-state index in [2.05, 4.69) is 5.32 Å². The number of ether oxygens (including phenoxy) is 1. The maximum atomic E-state index is 12.1. The molecule has 1 atom stereocenters. The number of nitrogens with zero attached hydrogens (tertiary/aromatic N) is 1. The summed E-state index contributed by atoms with van der Waals surface area (Å²) in [5, 5.41) is 13.7. The Labute approximate surface area is 161 Å². The van der Waals surface area contributed by atoms with Crippen molar-refractivity contribution in [1.29, 1.82) is 0 Å². The van der Waals surface area contributed by atoms with Gasteiger partial charge in [-0.2, -0.15) is 0 Å². The van der Waals surface area contributed by atoms with Crippen LogP contribution in [0.25, 0.3) is 0 Å². The fourth-order valence-electron chi connectivity index (χ4n) is 2.19. The van der Waals surface area contributed by atoms with Crippen molar-refractivity contribution in [2.45, 2.75) is 31.4 Å². The third-order valence-corrected chi connectivity index (χ3v) is 4.71. The second kappa shape index (κ2) is 9.72. The quantitative estimate of drug-likeness (QED) is 0.323. The van der Waals surface area contributed by atoms with E-state index < -0.39 is 22.9 Å². The Morgan fingerprint density at radius 3 is 2.52 bits per heavy atom. The van der Waals surface area contributed by atoms with Gasteiger partial charge >= 0.3 is 5.97 Å². The molecule has 0 aliphatic heterocycles. The molecule has 0 fully saturated rings. The molecule has 0 aliphatic rings. The summed E-state index contributed by atoms with van der Waals surface area (Å²) >= 11 is 1.00. The number of hydrogen-bond acceptors (Lipinski definition) is 6. The van der Waals surface area contributed by atoms with Gasteiger partial charge in [0.05, 0.1) is 15.6 Å². The number of nitro groups is 1. The number of rotatable bonds is 8. The van der Waals surface area contributed by atoms with E-state index in [-0.39, 0.29) is 11.4 Å². The highest BCUT2D eigenvalue weighted by molar-refractivity contribution is 8.00. The summed E-state index contributed by atoms with van der Waals surface area (Å²) in [6, 6.07) is 13.9. The number of amides is 1. The van der Waals surface area contributed by atoms with E-state index in [1.165, 1.54) is 13.0 Å². The number of hydrogen-bond donors (Lipinski definition) is 1. The summed E-state index contributed by atoms with van der Waals surface area (Å²) < 4.78 is 5.10. The molecule has 0 heterocycles. The van der Waals surface area contributed by atoms with Crippen molar-refractivity contribution in [3.05, 3.63) is 69.8 Å². The highest BCUT2D eigenvalue weighted by Crippen LogP contribution is 2.28.